The van der Waals surface area contributed by atoms with E-state index in [1.807, 2.05) is 29.3 Å². The molecule has 0 aliphatic carbocycles. The molecule has 0 radical (unpaired) electrons. The molecule has 0 unspecified atom stereocenters. The van der Waals surface area contributed by atoms with E-state index in [-0.39, 0.29) is 5.41 Å². The van der Waals surface area contributed by atoms with Crippen LogP contribution in [0.2, 0.25) is 0 Å². The highest BCUT2D eigenvalue weighted by molar-refractivity contribution is 14.1. The minimum absolute atomic E-state index is 0.238. The minimum Gasteiger partial charge on any atom is -0.350 e. The van der Waals surface area contributed by atoms with Gasteiger partial charge in [-0.05, 0) is 34.1 Å². The second-order valence-corrected chi connectivity index (χ2v) is 8.71. The molecule has 24 heavy (non-hydrogen) atoms. The quantitative estimate of drug-likeness (QED) is 0.580. The lowest BCUT2D eigenvalue weighted by Crippen LogP contribution is -2.33. The van der Waals surface area contributed by atoms with E-state index in [9.17, 15) is 0 Å². The van der Waals surface area contributed by atoms with Crippen molar-refractivity contribution in [3.63, 3.8) is 0 Å². The smallest absolute Gasteiger partial charge is 0.170 e. The fraction of sp³-hybridized carbons (Fsp3) is 0.471. The SMILES string of the molecule is CC(C)(C)Cn1cnc2c1CN(c1ccn3ncc(I)c3n1)CC2. The van der Waals surface area contributed by atoms with E-state index in [1.54, 1.807) is 0 Å². The van der Waals surface area contributed by atoms with Crippen LogP contribution in [0, 0.1) is 8.99 Å². The Labute approximate surface area is 155 Å². The van der Waals surface area contributed by atoms with Gasteiger partial charge in [-0.1, -0.05) is 20.8 Å². The minimum atomic E-state index is 0.238. The van der Waals surface area contributed by atoms with Crippen LogP contribution < -0.4 is 4.90 Å². The van der Waals surface area contributed by atoms with Crippen LogP contribution in [0.15, 0.2) is 24.8 Å². The first kappa shape index (κ1) is 15.9. The van der Waals surface area contributed by atoms with Crippen molar-refractivity contribution < 1.29 is 0 Å². The first-order valence-corrected chi connectivity index (χ1v) is 9.26. The van der Waals surface area contributed by atoms with Gasteiger partial charge in [-0.15, -0.1) is 0 Å². The molecule has 1 aliphatic heterocycles. The lowest BCUT2D eigenvalue weighted by Gasteiger charge is -2.30. The summed E-state index contributed by atoms with van der Waals surface area (Å²) >= 11 is 2.28. The van der Waals surface area contributed by atoms with Gasteiger partial charge in [0.05, 0.1) is 34.0 Å². The average Bonchev–Trinajstić information content (AvgIpc) is 3.10. The first-order valence-electron chi connectivity index (χ1n) is 8.18. The Balaban J connectivity index is 1.65. The second-order valence-electron chi connectivity index (χ2n) is 7.54. The molecule has 4 rings (SSSR count). The van der Waals surface area contributed by atoms with E-state index in [4.69, 9.17) is 4.98 Å². The first-order chi connectivity index (χ1) is 11.4. The summed E-state index contributed by atoms with van der Waals surface area (Å²) < 4.78 is 5.21. The highest BCUT2D eigenvalue weighted by atomic mass is 127. The van der Waals surface area contributed by atoms with E-state index in [0.29, 0.717) is 0 Å². The number of halogens is 1. The van der Waals surface area contributed by atoms with Crippen molar-refractivity contribution in [3.05, 3.63) is 39.7 Å². The molecule has 0 amide bonds. The number of aromatic nitrogens is 5. The number of nitrogens with zero attached hydrogens (tertiary/aromatic N) is 6. The summed E-state index contributed by atoms with van der Waals surface area (Å²) in [6.07, 6.45) is 6.80. The Bertz CT molecular complexity index is 888. The highest BCUT2D eigenvalue weighted by Crippen LogP contribution is 2.26. The van der Waals surface area contributed by atoms with E-state index >= 15 is 0 Å². The molecular weight excluding hydrogens is 415 g/mol. The molecule has 0 saturated carbocycles. The zero-order chi connectivity index (χ0) is 16.9. The number of imidazole rings is 1. The van der Waals surface area contributed by atoms with E-state index in [2.05, 4.69) is 62.9 Å². The molecule has 0 saturated heterocycles. The molecule has 0 atom stereocenters. The number of rotatable bonds is 2. The van der Waals surface area contributed by atoms with Crippen molar-refractivity contribution in [1.82, 2.24) is 24.1 Å². The van der Waals surface area contributed by atoms with Gasteiger partial charge in [0, 0.05) is 25.7 Å². The Morgan fingerprint density at radius 1 is 1.29 bits per heavy atom. The zero-order valence-corrected chi connectivity index (χ0v) is 16.4. The summed E-state index contributed by atoms with van der Waals surface area (Å²) in [5.41, 5.74) is 3.71. The maximum atomic E-state index is 4.81. The summed E-state index contributed by atoms with van der Waals surface area (Å²) in [4.78, 5) is 11.8. The Morgan fingerprint density at radius 3 is 2.92 bits per heavy atom. The molecule has 3 aromatic heterocycles. The maximum absolute atomic E-state index is 4.81. The van der Waals surface area contributed by atoms with Crippen molar-refractivity contribution in [2.45, 2.75) is 40.3 Å². The molecule has 3 aromatic rings. The molecule has 7 heteroatoms. The molecule has 1 aliphatic rings. The van der Waals surface area contributed by atoms with Gasteiger partial charge in [0.2, 0.25) is 0 Å². The van der Waals surface area contributed by atoms with Gasteiger partial charge in [0.25, 0.3) is 0 Å². The normalized spacial score (nSPS) is 15.1. The van der Waals surface area contributed by atoms with Crippen molar-refractivity contribution in [3.8, 4) is 0 Å². The van der Waals surface area contributed by atoms with Crippen LogP contribution in [-0.4, -0.2) is 30.7 Å². The third-order valence-corrected chi connectivity index (χ3v) is 5.03. The van der Waals surface area contributed by atoms with Crippen LogP contribution in [0.4, 0.5) is 5.82 Å². The van der Waals surface area contributed by atoms with E-state index in [0.717, 1.165) is 41.1 Å². The van der Waals surface area contributed by atoms with Crippen molar-refractivity contribution >= 4 is 34.1 Å². The highest BCUT2D eigenvalue weighted by Gasteiger charge is 2.24. The molecule has 0 fully saturated rings. The largest absolute Gasteiger partial charge is 0.350 e. The molecule has 6 nitrogen and oxygen atoms in total. The van der Waals surface area contributed by atoms with Gasteiger partial charge >= 0.3 is 0 Å². The molecule has 0 bridgehead atoms. The Kier molecular flexibility index (Phi) is 3.78. The number of anilines is 1. The fourth-order valence-electron chi connectivity index (χ4n) is 3.19. The molecule has 4 heterocycles. The number of hydrogen-bond donors (Lipinski definition) is 0. The molecule has 126 valence electrons. The molecular formula is C17H21IN6. The van der Waals surface area contributed by atoms with Crippen molar-refractivity contribution in [2.24, 2.45) is 5.41 Å². The van der Waals surface area contributed by atoms with Gasteiger partial charge in [-0.2, -0.15) is 5.10 Å². The lowest BCUT2D eigenvalue weighted by atomic mass is 9.96. The predicted octanol–water partition coefficient (Wildman–Crippen LogP) is 3.14. The summed E-state index contributed by atoms with van der Waals surface area (Å²) in [5.74, 6) is 1.01. The topological polar surface area (TPSA) is 51.2 Å². The summed E-state index contributed by atoms with van der Waals surface area (Å²) in [5, 5.41) is 4.30. The number of fused-ring (bicyclic) bond motifs is 2. The fourth-order valence-corrected chi connectivity index (χ4v) is 3.68. The zero-order valence-electron chi connectivity index (χ0n) is 14.2. The van der Waals surface area contributed by atoms with Crippen molar-refractivity contribution in [2.75, 3.05) is 11.4 Å². The monoisotopic (exact) mass is 436 g/mol. The van der Waals surface area contributed by atoms with Gasteiger partial charge in [-0.25, -0.2) is 14.5 Å². The standard InChI is InChI=1S/C17H21IN6/c1-17(2,3)10-23-11-19-13-4-6-22(9-14(13)23)15-5-7-24-16(21-15)12(18)8-20-24/h5,7-8,11H,4,6,9-10H2,1-3H3. The molecule has 0 aromatic carbocycles. The Morgan fingerprint density at radius 2 is 2.12 bits per heavy atom. The van der Waals surface area contributed by atoms with Crippen LogP contribution in [0.25, 0.3) is 5.65 Å². The molecule has 0 spiro atoms. The van der Waals surface area contributed by atoms with Gasteiger partial charge in [-0.3, -0.25) is 0 Å². The van der Waals surface area contributed by atoms with Crippen molar-refractivity contribution in [1.29, 1.82) is 0 Å². The number of hydrogen-bond acceptors (Lipinski definition) is 4. The van der Waals surface area contributed by atoms with Gasteiger partial charge in [0.1, 0.15) is 5.82 Å². The predicted molar refractivity (Wildman–Crippen MR) is 102 cm³/mol. The van der Waals surface area contributed by atoms with Crippen LogP contribution in [0.5, 0.6) is 0 Å². The summed E-state index contributed by atoms with van der Waals surface area (Å²) in [6.45, 7) is 9.58. The third-order valence-electron chi connectivity index (χ3n) is 4.27. The van der Waals surface area contributed by atoms with Gasteiger partial charge in [0.15, 0.2) is 5.65 Å². The Hall–Kier alpha value is -1.64. The summed E-state index contributed by atoms with van der Waals surface area (Å²) in [6, 6.07) is 2.05. The summed E-state index contributed by atoms with van der Waals surface area (Å²) in [7, 11) is 0. The lowest BCUT2D eigenvalue weighted by molar-refractivity contribution is 0.337. The maximum Gasteiger partial charge on any atom is 0.170 e. The van der Waals surface area contributed by atoms with Crippen LogP contribution >= 0.6 is 22.6 Å². The average molecular weight is 436 g/mol. The van der Waals surface area contributed by atoms with Crippen LogP contribution in [-0.2, 0) is 19.5 Å². The molecule has 0 N–H and O–H groups in total. The van der Waals surface area contributed by atoms with Crippen LogP contribution in [0.3, 0.4) is 0 Å². The van der Waals surface area contributed by atoms with E-state index < -0.39 is 0 Å². The van der Waals surface area contributed by atoms with E-state index in [1.165, 1.54) is 11.4 Å². The van der Waals surface area contributed by atoms with Gasteiger partial charge < -0.3 is 9.47 Å². The second kappa shape index (κ2) is 5.72. The van der Waals surface area contributed by atoms with Crippen LogP contribution in [0.1, 0.15) is 32.2 Å². The third kappa shape index (κ3) is 2.89.